The number of anilines is 1. The smallest absolute Gasteiger partial charge is 0.341 e. The van der Waals surface area contributed by atoms with Crippen LogP contribution in [-0.2, 0) is 9.84 Å². The maximum Gasteiger partial charge on any atom is 0.341 e. The fourth-order valence-electron chi connectivity index (χ4n) is 2.07. The van der Waals surface area contributed by atoms with Crippen LogP contribution in [0.25, 0.3) is 0 Å². The van der Waals surface area contributed by atoms with Gasteiger partial charge in [0, 0.05) is 24.3 Å². The van der Waals surface area contributed by atoms with E-state index in [-0.39, 0.29) is 18.6 Å². The number of aliphatic hydroxyl groups is 1. The molecule has 0 bridgehead atoms. The Bertz CT molecular complexity index is 584. The highest BCUT2D eigenvalue weighted by Gasteiger charge is 2.26. The molecule has 0 saturated carbocycles. The zero-order valence-corrected chi connectivity index (χ0v) is 11.4. The molecule has 7 heteroatoms. The normalized spacial score (nSPS) is 22.4. The number of benzene rings is 1. The van der Waals surface area contributed by atoms with Crippen molar-refractivity contribution in [2.45, 2.75) is 23.1 Å². The lowest BCUT2D eigenvalue weighted by atomic mass is 10.1. The van der Waals surface area contributed by atoms with Crippen LogP contribution in [-0.4, -0.2) is 31.9 Å². The first-order valence-corrected chi connectivity index (χ1v) is 7.66. The van der Waals surface area contributed by atoms with Crippen molar-refractivity contribution in [1.82, 2.24) is 0 Å². The molecule has 1 aromatic rings. The molecule has 2 atom stereocenters. The standard InChI is InChI=1S/C13H15F2NO3S/c14-13(15)20(18,19)12-5-3-10(4-6-12)16-11-2-1-9(7-11)8-17/h1-6,9,11,13,16-17H,7-8H2/t9-,11+/m0/s1. The molecule has 0 amide bonds. The van der Waals surface area contributed by atoms with Crippen LogP contribution in [0.4, 0.5) is 14.5 Å². The van der Waals surface area contributed by atoms with E-state index in [1.54, 1.807) is 0 Å². The third-order valence-electron chi connectivity index (χ3n) is 3.18. The molecule has 0 aliphatic heterocycles. The molecule has 4 nitrogen and oxygen atoms in total. The lowest BCUT2D eigenvalue weighted by Gasteiger charge is -2.14. The van der Waals surface area contributed by atoms with Crippen LogP contribution in [0.5, 0.6) is 0 Å². The van der Waals surface area contributed by atoms with Gasteiger partial charge in [0.2, 0.25) is 9.84 Å². The molecule has 2 rings (SSSR count). The Morgan fingerprint density at radius 1 is 1.25 bits per heavy atom. The average Bonchev–Trinajstić information content (AvgIpc) is 2.87. The van der Waals surface area contributed by atoms with Gasteiger partial charge in [-0.2, -0.15) is 8.78 Å². The maximum absolute atomic E-state index is 12.4. The van der Waals surface area contributed by atoms with Gasteiger partial charge < -0.3 is 10.4 Å². The van der Waals surface area contributed by atoms with E-state index in [0.29, 0.717) is 5.69 Å². The lowest BCUT2D eigenvalue weighted by molar-refractivity contribution is 0.234. The van der Waals surface area contributed by atoms with Crippen LogP contribution < -0.4 is 5.32 Å². The summed E-state index contributed by atoms with van der Waals surface area (Å²) in [6.07, 6.45) is 4.57. The van der Waals surface area contributed by atoms with Crippen LogP contribution in [0.15, 0.2) is 41.3 Å². The number of hydrogen-bond donors (Lipinski definition) is 2. The maximum atomic E-state index is 12.4. The van der Waals surface area contributed by atoms with E-state index in [1.165, 1.54) is 12.1 Å². The molecule has 0 saturated heterocycles. The molecule has 20 heavy (non-hydrogen) atoms. The van der Waals surface area contributed by atoms with Crippen molar-refractivity contribution in [2.75, 3.05) is 11.9 Å². The molecular formula is C13H15F2NO3S. The molecule has 2 N–H and O–H groups in total. The summed E-state index contributed by atoms with van der Waals surface area (Å²) in [4.78, 5) is -0.395. The number of rotatable bonds is 5. The second-order valence-corrected chi connectivity index (χ2v) is 6.56. The van der Waals surface area contributed by atoms with Crippen LogP contribution in [0.3, 0.4) is 0 Å². The first-order valence-electron chi connectivity index (χ1n) is 6.11. The van der Waals surface area contributed by atoms with Crippen molar-refractivity contribution >= 4 is 15.5 Å². The van der Waals surface area contributed by atoms with Gasteiger partial charge in [0.15, 0.2) is 0 Å². The van der Waals surface area contributed by atoms with Gasteiger partial charge in [-0.15, -0.1) is 0 Å². The molecule has 1 aliphatic rings. The zero-order chi connectivity index (χ0) is 14.8. The molecule has 0 spiro atoms. The number of halogens is 2. The van der Waals surface area contributed by atoms with Gasteiger partial charge in [0.1, 0.15) is 0 Å². The summed E-state index contributed by atoms with van der Waals surface area (Å²) >= 11 is 0. The zero-order valence-electron chi connectivity index (χ0n) is 10.5. The van der Waals surface area contributed by atoms with E-state index in [2.05, 4.69) is 5.32 Å². The topological polar surface area (TPSA) is 66.4 Å². The second-order valence-electron chi connectivity index (χ2n) is 4.64. The highest BCUT2D eigenvalue weighted by Crippen LogP contribution is 2.23. The molecule has 1 aliphatic carbocycles. The van der Waals surface area contributed by atoms with Crippen LogP contribution in [0.2, 0.25) is 0 Å². The summed E-state index contributed by atoms with van der Waals surface area (Å²) in [6, 6.07) is 5.27. The third-order valence-corrected chi connectivity index (χ3v) is 4.57. The fourth-order valence-corrected chi connectivity index (χ4v) is 2.80. The van der Waals surface area contributed by atoms with Gasteiger partial charge in [0.05, 0.1) is 4.90 Å². The van der Waals surface area contributed by atoms with Crippen LogP contribution >= 0.6 is 0 Å². The Morgan fingerprint density at radius 2 is 1.90 bits per heavy atom. The minimum absolute atomic E-state index is 0.0460. The van der Waals surface area contributed by atoms with E-state index >= 15 is 0 Å². The number of hydrogen-bond acceptors (Lipinski definition) is 4. The predicted octanol–water partition coefficient (Wildman–Crippen LogP) is 2.03. The SMILES string of the molecule is O=S(=O)(c1ccc(N[C@@H]2C=C[C@H](CO)C2)cc1)C(F)F. The molecule has 0 unspecified atom stereocenters. The summed E-state index contributed by atoms with van der Waals surface area (Å²) in [7, 11) is -4.54. The highest BCUT2D eigenvalue weighted by molar-refractivity contribution is 7.91. The van der Waals surface area contributed by atoms with E-state index in [4.69, 9.17) is 5.11 Å². The minimum Gasteiger partial charge on any atom is -0.396 e. The molecule has 0 aromatic heterocycles. The predicted molar refractivity (Wildman–Crippen MR) is 71.4 cm³/mol. The van der Waals surface area contributed by atoms with Crippen molar-refractivity contribution in [3.8, 4) is 0 Å². The fraction of sp³-hybridized carbons (Fsp3) is 0.385. The monoisotopic (exact) mass is 303 g/mol. The first kappa shape index (κ1) is 14.9. The Labute approximate surface area is 116 Å². The van der Waals surface area contributed by atoms with E-state index in [1.807, 2.05) is 12.2 Å². The number of nitrogens with one attached hydrogen (secondary N) is 1. The second kappa shape index (κ2) is 5.88. The molecular weight excluding hydrogens is 288 g/mol. The molecule has 0 fully saturated rings. The molecule has 110 valence electrons. The number of alkyl halides is 2. The molecule has 0 heterocycles. The van der Waals surface area contributed by atoms with Crippen molar-refractivity contribution in [2.24, 2.45) is 5.92 Å². The largest absolute Gasteiger partial charge is 0.396 e. The van der Waals surface area contributed by atoms with E-state index in [0.717, 1.165) is 18.6 Å². The van der Waals surface area contributed by atoms with E-state index < -0.39 is 20.5 Å². The Hall–Kier alpha value is -1.47. The Kier molecular flexibility index (Phi) is 4.39. The molecule has 1 aromatic carbocycles. The van der Waals surface area contributed by atoms with Gasteiger partial charge in [-0.05, 0) is 30.7 Å². The summed E-state index contributed by atoms with van der Waals surface area (Å²) < 4.78 is 47.3. The lowest BCUT2D eigenvalue weighted by Crippen LogP contribution is -2.16. The van der Waals surface area contributed by atoms with Crippen LogP contribution in [0.1, 0.15) is 6.42 Å². The van der Waals surface area contributed by atoms with Crippen molar-refractivity contribution in [1.29, 1.82) is 0 Å². The van der Waals surface area contributed by atoms with Gasteiger partial charge in [-0.3, -0.25) is 0 Å². The Balaban J connectivity index is 2.05. The Morgan fingerprint density at radius 3 is 2.40 bits per heavy atom. The van der Waals surface area contributed by atoms with E-state index in [9.17, 15) is 17.2 Å². The summed E-state index contributed by atoms with van der Waals surface area (Å²) in [5.74, 6) is -3.30. The minimum atomic E-state index is -4.54. The highest BCUT2D eigenvalue weighted by atomic mass is 32.2. The van der Waals surface area contributed by atoms with Crippen LogP contribution in [0, 0.1) is 5.92 Å². The first-order chi connectivity index (χ1) is 9.43. The van der Waals surface area contributed by atoms with Gasteiger partial charge in [0.25, 0.3) is 0 Å². The summed E-state index contributed by atoms with van der Waals surface area (Å²) in [5, 5.41) is 12.1. The van der Waals surface area contributed by atoms with Crippen molar-refractivity contribution in [3.63, 3.8) is 0 Å². The summed E-state index contributed by atoms with van der Waals surface area (Å²) in [6.45, 7) is 0.0836. The molecule has 0 radical (unpaired) electrons. The average molecular weight is 303 g/mol. The van der Waals surface area contributed by atoms with Gasteiger partial charge in [-0.1, -0.05) is 12.2 Å². The van der Waals surface area contributed by atoms with Gasteiger partial charge in [-0.25, -0.2) is 8.42 Å². The van der Waals surface area contributed by atoms with Crippen molar-refractivity contribution in [3.05, 3.63) is 36.4 Å². The van der Waals surface area contributed by atoms with Gasteiger partial charge >= 0.3 is 5.76 Å². The third kappa shape index (κ3) is 3.16. The van der Waals surface area contributed by atoms with Crippen molar-refractivity contribution < 1.29 is 22.3 Å². The number of sulfone groups is 1. The quantitative estimate of drug-likeness (QED) is 0.817. The number of aliphatic hydroxyl groups excluding tert-OH is 1. The summed E-state index contributed by atoms with van der Waals surface area (Å²) in [5.41, 5.74) is 0.645.